The Hall–Kier alpha value is -1.53. The topological polar surface area (TPSA) is 46.5 Å². The lowest BCUT2D eigenvalue weighted by atomic mass is 10.00. The van der Waals surface area contributed by atoms with Gasteiger partial charge in [0.25, 0.3) is 5.92 Å². The zero-order chi connectivity index (χ0) is 14.8. The van der Waals surface area contributed by atoms with E-state index in [1.807, 2.05) is 0 Å². The highest BCUT2D eigenvalue weighted by atomic mass is 79.9. The molecule has 0 bridgehead atoms. The molecule has 0 saturated heterocycles. The van der Waals surface area contributed by atoms with E-state index in [9.17, 15) is 13.6 Å². The van der Waals surface area contributed by atoms with Gasteiger partial charge in [-0.2, -0.15) is 8.78 Å². The molecule has 0 spiro atoms. The van der Waals surface area contributed by atoms with E-state index in [4.69, 9.17) is 5.11 Å². The summed E-state index contributed by atoms with van der Waals surface area (Å²) in [6.07, 6.45) is 0. The molecule has 6 heteroatoms. The second-order valence-corrected chi connectivity index (χ2v) is 5.09. The van der Waals surface area contributed by atoms with Crippen molar-refractivity contribution in [3.05, 3.63) is 46.4 Å². The van der Waals surface area contributed by atoms with Gasteiger partial charge in [0, 0.05) is 10.0 Å². The molecule has 0 radical (unpaired) electrons. The molecular formula is C14H11BrF2O3. The molecule has 3 nitrogen and oxygen atoms in total. The summed E-state index contributed by atoms with van der Waals surface area (Å²) in [5, 5.41) is 9.49. The molecule has 2 aromatic rings. The summed E-state index contributed by atoms with van der Waals surface area (Å²) in [7, 11) is 0. The molecule has 0 aliphatic rings. The Morgan fingerprint density at radius 1 is 1.20 bits per heavy atom. The average molecular weight is 345 g/mol. The molecule has 20 heavy (non-hydrogen) atoms. The fraction of sp³-hybridized carbons (Fsp3) is 0.214. The molecule has 0 fully saturated rings. The number of carboxylic acid groups (broad SMARTS) is 1. The summed E-state index contributed by atoms with van der Waals surface area (Å²) in [5.74, 6) is -4.53. The monoisotopic (exact) mass is 344 g/mol. The van der Waals surface area contributed by atoms with E-state index in [1.54, 1.807) is 30.3 Å². The van der Waals surface area contributed by atoms with Crippen LogP contribution in [0.5, 0.6) is 0 Å². The van der Waals surface area contributed by atoms with E-state index in [1.165, 1.54) is 6.07 Å². The highest BCUT2D eigenvalue weighted by molar-refractivity contribution is 9.10. The largest absolute Gasteiger partial charge is 0.480 e. The number of rotatable bonds is 5. The van der Waals surface area contributed by atoms with Gasteiger partial charge in [0.05, 0.1) is 0 Å². The first-order valence-corrected chi connectivity index (χ1v) is 6.56. The Kier molecular flexibility index (Phi) is 4.35. The Morgan fingerprint density at radius 2 is 1.85 bits per heavy atom. The molecule has 0 amide bonds. The zero-order valence-corrected chi connectivity index (χ0v) is 11.9. The minimum Gasteiger partial charge on any atom is -0.480 e. The molecule has 1 N–H and O–H groups in total. The highest BCUT2D eigenvalue weighted by Gasteiger charge is 2.34. The summed E-state index contributed by atoms with van der Waals surface area (Å²) >= 11 is 3.32. The fourth-order valence-electron chi connectivity index (χ4n) is 1.93. The van der Waals surface area contributed by atoms with E-state index in [-0.39, 0.29) is 5.56 Å². The van der Waals surface area contributed by atoms with Gasteiger partial charge < -0.3 is 9.84 Å². The van der Waals surface area contributed by atoms with Gasteiger partial charge in [-0.05, 0) is 16.8 Å². The van der Waals surface area contributed by atoms with E-state index < -0.39 is 25.1 Å². The van der Waals surface area contributed by atoms with Gasteiger partial charge in [0.15, 0.2) is 0 Å². The predicted molar refractivity (Wildman–Crippen MR) is 74.0 cm³/mol. The Labute approximate surface area is 122 Å². The quantitative estimate of drug-likeness (QED) is 0.897. The van der Waals surface area contributed by atoms with Crippen LogP contribution in [0, 0.1) is 0 Å². The number of fused-ring (bicyclic) bond motifs is 1. The van der Waals surface area contributed by atoms with Crippen molar-refractivity contribution in [2.45, 2.75) is 5.92 Å². The molecule has 106 valence electrons. The lowest BCUT2D eigenvalue weighted by Crippen LogP contribution is -2.23. The first kappa shape index (κ1) is 14.9. The molecule has 0 aliphatic heterocycles. The number of carbonyl (C=O) groups is 1. The number of ether oxygens (including phenoxy) is 1. The van der Waals surface area contributed by atoms with Crippen LogP contribution in [0.1, 0.15) is 5.56 Å². The molecule has 2 aromatic carbocycles. The maximum absolute atomic E-state index is 14.1. The van der Waals surface area contributed by atoms with Crippen LogP contribution in [0.15, 0.2) is 40.9 Å². The summed E-state index contributed by atoms with van der Waals surface area (Å²) in [6.45, 7) is -1.71. The van der Waals surface area contributed by atoms with Crippen molar-refractivity contribution >= 4 is 32.7 Å². The molecule has 0 atom stereocenters. The Bertz CT molecular complexity index is 643. The number of hydrogen-bond acceptors (Lipinski definition) is 2. The fourth-order valence-corrected chi connectivity index (χ4v) is 2.40. The maximum atomic E-state index is 14.1. The highest BCUT2D eigenvalue weighted by Crippen LogP contribution is 2.36. The van der Waals surface area contributed by atoms with Gasteiger partial charge in [-0.1, -0.05) is 46.3 Å². The summed E-state index contributed by atoms with van der Waals surface area (Å²) in [6, 6.07) is 9.62. The standard InChI is InChI=1S/C14H11BrF2O3/c15-12-6-5-11(9-3-1-2-4-10(9)12)14(16,17)8-20-7-13(18)19/h1-6H,7-8H2,(H,18,19). The lowest BCUT2D eigenvalue weighted by Gasteiger charge is -2.19. The zero-order valence-electron chi connectivity index (χ0n) is 10.3. The first-order chi connectivity index (χ1) is 9.42. The van der Waals surface area contributed by atoms with E-state index in [2.05, 4.69) is 20.7 Å². The van der Waals surface area contributed by atoms with Crippen molar-refractivity contribution in [1.82, 2.24) is 0 Å². The number of carboxylic acids is 1. The van der Waals surface area contributed by atoms with E-state index in [0.717, 1.165) is 4.47 Å². The third-order valence-electron chi connectivity index (χ3n) is 2.77. The SMILES string of the molecule is O=C(O)COCC(F)(F)c1ccc(Br)c2ccccc12. The number of halogens is 3. The third-order valence-corrected chi connectivity index (χ3v) is 3.47. The van der Waals surface area contributed by atoms with Crippen LogP contribution in [0.25, 0.3) is 10.8 Å². The van der Waals surface area contributed by atoms with Crippen molar-refractivity contribution in [1.29, 1.82) is 0 Å². The smallest absolute Gasteiger partial charge is 0.329 e. The number of alkyl halides is 2. The molecular weight excluding hydrogens is 334 g/mol. The third kappa shape index (κ3) is 3.13. The number of aliphatic carboxylic acids is 1. The average Bonchev–Trinajstić information content (AvgIpc) is 2.38. The van der Waals surface area contributed by atoms with Gasteiger partial charge in [-0.15, -0.1) is 0 Å². The lowest BCUT2D eigenvalue weighted by molar-refractivity contribution is -0.147. The van der Waals surface area contributed by atoms with E-state index >= 15 is 0 Å². The van der Waals surface area contributed by atoms with Crippen LogP contribution >= 0.6 is 15.9 Å². The summed E-state index contributed by atoms with van der Waals surface area (Å²) < 4.78 is 33.5. The number of benzene rings is 2. The predicted octanol–water partition coefficient (Wildman–Crippen LogP) is 3.80. The minimum absolute atomic E-state index is 0.179. The van der Waals surface area contributed by atoms with Gasteiger partial charge >= 0.3 is 5.97 Å². The van der Waals surface area contributed by atoms with Crippen LogP contribution in [0.4, 0.5) is 8.78 Å². The van der Waals surface area contributed by atoms with Crippen molar-refractivity contribution in [2.24, 2.45) is 0 Å². The van der Waals surface area contributed by atoms with Crippen LogP contribution < -0.4 is 0 Å². The molecule has 0 saturated carbocycles. The Balaban J connectivity index is 2.36. The summed E-state index contributed by atoms with van der Waals surface area (Å²) in [4.78, 5) is 10.3. The van der Waals surface area contributed by atoms with Crippen LogP contribution in [0.3, 0.4) is 0 Å². The van der Waals surface area contributed by atoms with Gasteiger partial charge in [-0.3, -0.25) is 0 Å². The van der Waals surface area contributed by atoms with Crippen molar-refractivity contribution in [3.8, 4) is 0 Å². The second kappa shape index (κ2) is 5.85. The normalized spacial score (nSPS) is 11.8. The van der Waals surface area contributed by atoms with Crippen LogP contribution in [-0.4, -0.2) is 24.3 Å². The van der Waals surface area contributed by atoms with Crippen molar-refractivity contribution in [3.63, 3.8) is 0 Å². The van der Waals surface area contributed by atoms with Crippen molar-refractivity contribution in [2.75, 3.05) is 13.2 Å². The summed E-state index contributed by atoms with van der Waals surface area (Å²) in [5.41, 5.74) is -0.179. The Morgan fingerprint density at radius 3 is 2.50 bits per heavy atom. The van der Waals surface area contributed by atoms with Crippen LogP contribution in [0.2, 0.25) is 0 Å². The molecule has 0 unspecified atom stereocenters. The number of hydrogen-bond donors (Lipinski definition) is 1. The molecule has 0 aromatic heterocycles. The minimum atomic E-state index is -3.25. The molecule has 0 heterocycles. The maximum Gasteiger partial charge on any atom is 0.329 e. The van der Waals surface area contributed by atoms with Gasteiger partial charge in [0.2, 0.25) is 0 Å². The molecule has 0 aliphatic carbocycles. The second-order valence-electron chi connectivity index (χ2n) is 4.23. The van der Waals surface area contributed by atoms with E-state index in [0.29, 0.717) is 10.8 Å². The van der Waals surface area contributed by atoms with Gasteiger partial charge in [-0.25, -0.2) is 4.79 Å². The van der Waals surface area contributed by atoms with Crippen molar-refractivity contribution < 1.29 is 23.4 Å². The van der Waals surface area contributed by atoms with Crippen LogP contribution in [-0.2, 0) is 15.5 Å². The molecule has 2 rings (SSSR count). The first-order valence-electron chi connectivity index (χ1n) is 5.77. The van der Waals surface area contributed by atoms with Gasteiger partial charge in [0.1, 0.15) is 13.2 Å².